The Bertz CT molecular complexity index is 237. The summed E-state index contributed by atoms with van der Waals surface area (Å²) in [5.74, 6) is 1.85. The molecule has 0 aromatic rings. The summed E-state index contributed by atoms with van der Waals surface area (Å²) in [6, 6.07) is 0.735. The van der Waals surface area contributed by atoms with Gasteiger partial charge in [0.25, 0.3) is 0 Å². The summed E-state index contributed by atoms with van der Waals surface area (Å²) >= 11 is 0. The van der Waals surface area contributed by atoms with Crippen LogP contribution in [0.15, 0.2) is 0 Å². The van der Waals surface area contributed by atoms with Crippen molar-refractivity contribution in [1.29, 1.82) is 0 Å². The number of hydrogen-bond acceptors (Lipinski definition) is 2. The van der Waals surface area contributed by atoms with Crippen molar-refractivity contribution in [3.63, 3.8) is 0 Å². The standard InChI is InChI=1S/C17H33NO/c1-3-18-17(15-8-6-7-14(2)13-15)11-10-16-9-4-5-12-19-16/h14-18H,3-13H2,1-2H3. The Morgan fingerprint density at radius 1 is 1.16 bits per heavy atom. The van der Waals surface area contributed by atoms with Gasteiger partial charge in [0.2, 0.25) is 0 Å². The predicted molar refractivity (Wildman–Crippen MR) is 81.4 cm³/mol. The largest absolute Gasteiger partial charge is 0.378 e. The van der Waals surface area contributed by atoms with E-state index in [2.05, 4.69) is 19.2 Å². The van der Waals surface area contributed by atoms with Crippen molar-refractivity contribution in [2.45, 2.75) is 83.8 Å². The summed E-state index contributed by atoms with van der Waals surface area (Å²) in [5.41, 5.74) is 0. The van der Waals surface area contributed by atoms with Gasteiger partial charge in [-0.1, -0.05) is 26.7 Å². The van der Waals surface area contributed by atoms with E-state index < -0.39 is 0 Å². The quantitative estimate of drug-likeness (QED) is 0.781. The number of rotatable bonds is 6. The van der Waals surface area contributed by atoms with E-state index in [1.165, 1.54) is 57.8 Å². The van der Waals surface area contributed by atoms with E-state index in [4.69, 9.17) is 4.74 Å². The molecule has 0 bridgehead atoms. The maximum atomic E-state index is 5.89. The molecule has 4 atom stereocenters. The first kappa shape index (κ1) is 15.3. The molecule has 19 heavy (non-hydrogen) atoms. The topological polar surface area (TPSA) is 21.3 Å². The fourth-order valence-electron chi connectivity index (χ4n) is 4.01. The Balaban J connectivity index is 1.77. The van der Waals surface area contributed by atoms with E-state index >= 15 is 0 Å². The SMILES string of the molecule is CCNC(CCC1CCCCO1)C1CCCC(C)C1. The molecule has 1 aliphatic carbocycles. The molecule has 0 radical (unpaired) electrons. The monoisotopic (exact) mass is 267 g/mol. The fourth-order valence-corrected chi connectivity index (χ4v) is 4.01. The minimum Gasteiger partial charge on any atom is -0.378 e. The lowest BCUT2D eigenvalue weighted by Gasteiger charge is -2.35. The van der Waals surface area contributed by atoms with Crippen LogP contribution in [-0.2, 0) is 4.74 Å². The van der Waals surface area contributed by atoms with Crippen LogP contribution in [0.25, 0.3) is 0 Å². The molecule has 1 N–H and O–H groups in total. The molecule has 1 saturated carbocycles. The highest BCUT2D eigenvalue weighted by molar-refractivity contribution is 4.82. The van der Waals surface area contributed by atoms with Crippen molar-refractivity contribution in [2.24, 2.45) is 11.8 Å². The zero-order valence-corrected chi connectivity index (χ0v) is 13.0. The third kappa shape index (κ3) is 5.07. The van der Waals surface area contributed by atoms with Crippen LogP contribution >= 0.6 is 0 Å². The zero-order valence-electron chi connectivity index (χ0n) is 13.0. The Morgan fingerprint density at radius 2 is 2.05 bits per heavy atom. The molecule has 1 aliphatic heterocycles. The van der Waals surface area contributed by atoms with Gasteiger partial charge in [0.1, 0.15) is 0 Å². The molecule has 2 rings (SSSR count). The Morgan fingerprint density at radius 3 is 2.74 bits per heavy atom. The Kier molecular flexibility index (Phi) is 6.66. The molecule has 0 spiro atoms. The second kappa shape index (κ2) is 8.26. The molecule has 1 heterocycles. The summed E-state index contributed by atoms with van der Waals surface area (Å²) in [7, 11) is 0. The lowest BCUT2D eigenvalue weighted by molar-refractivity contribution is 0.00681. The molecule has 1 saturated heterocycles. The van der Waals surface area contributed by atoms with E-state index in [0.717, 1.165) is 31.0 Å². The molecule has 2 aliphatic rings. The minimum atomic E-state index is 0.552. The molecule has 0 aromatic carbocycles. The minimum absolute atomic E-state index is 0.552. The summed E-state index contributed by atoms with van der Waals surface area (Å²) in [6.07, 6.45) is 12.8. The van der Waals surface area contributed by atoms with Crippen molar-refractivity contribution >= 4 is 0 Å². The molecule has 0 amide bonds. The van der Waals surface area contributed by atoms with Crippen molar-refractivity contribution in [3.8, 4) is 0 Å². The second-order valence-corrected chi connectivity index (χ2v) is 6.76. The van der Waals surface area contributed by atoms with Crippen LogP contribution in [0, 0.1) is 11.8 Å². The van der Waals surface area contributed by atoms with Gasteiger partial charge in [-0.3, -0.25) is 0 Å². The Labute approximate surface area is 119 Å². The molecule has 0 aromatic heterocycles. The number of ether oxygens (including phenoxy) is 1. The molecule has 2 heteroatoms. The van der Waals surface area contributed by atoms with Gasteiger partial charge in [0.05, 0.1) is 6.10 Å². The van der Waals surface area contributed by atoms with Crippen LogP contribution in [0.2, 0.25) is 0 Å². The van der Waals surface area contributed by atoms with Gasteiger partial charge >= 0.3 is 0 Å². The smallest absolute Gasteiger partial charge is 0.0575 e. The summed E-state index contributed by atoms with van der Waals surface area (Å²) in [6.45, 7) is 6.79. The molecule has 2 nitrogen and oxygen atoms in total. The zero-order chi connectivity index (χ0) is 13.5. The van der Waals surface area contributed by atoms with E-state index in [1.54, 1.807) is 0 Å². The van der Waals surface area contributed by atoms with Crippen LogP contribution < -0.4 is 5.32 Å². The van der Waals surface area contributed by atoms with E-state index in [9.17, 15) is 0 Å². The highest BCUT2D eigenvalue weighted by Crippen LogP contribution is 2.32. The van der Waals surface area contributed by atoms with Crippen molar-refractivity contribution in [2.75, 3.05) is 13.2 Å². The van der Waals surface area contributed by atoms with Crippen LogP contribution in [0.1, 0.15) is 71.6 Å². The lowest BCUT2D eigenvalue weighted by Crippen LogP contribution is -2.39. The van der Waals surface area contributed by atoms with E-state index in [1.807, 2.05) is 0 Å². The van der Waals surface area contributed by atoms with Crippen LogP contribution in [0.5, 0.6) is 0 Å². The van der Waals surface area contributed by atoms with Crippen LogP contribution in [0.3, 0.4) is 0 Å². The molecular weight excluding hydrogens is 234 g/mol. The summed E-state index contributed by atoms with van der Waals surface area (Å²) < 4.78 is 5.89. The van der Waals surface area contributed by atoms with Crippen LogP contribution in [-0.4, -0.2) is 25.3 Å². The molecule has 4 unspecified atom stereocenters. The predicted octanol–water partition coefficient (Wildman–Crippen LogP) is 4.14. The molecular formula is C17H33NO. The number of nitrogens with one attached hydrogen (secondary N) is 1. The highest BCUT2D eigenvalue weighted by atomic mass is 16.5. The van der Waals surface area contributed by atoms with Gasteiger partial charge in [-0.05, 0) is 63.3 Å². The van der Waals surface area contributed by atoms with Gasteiger partial charge in [-0.15, -0.1) is 0 Å². The normalized spacial score (nSPS) is 34.1. The van der Waals surface area contributed by atoms with E-state index in [0.29, 0.717) is 6.10 Å². The van der Waals surface area contributed by atoms with E-state index in [-0.39, 0.29) is 0 Å². The van der Waals surface area contributed by atoms with Gasteiger partial charge in [-0.25, -0.2) is 0 Å². The van der Waals surface area contributed by atoms with Gasteiger partial charge in [-0.2, -0.15) is 0 Å². The maximum Gasteiger partial charge on any atom is 0.0575 e. The first-order valence-electron chi connectivity index (χ1n) is 8.64. The van der Waals surface area contributed by atoms with Crippen molar-refractivity contribution < 1.29 is 4.74 Å². The lowest BCUT2D eigenvalue weighted by atomic mass is 9.77. The molecule has 2 fully saturated rings. The van der Waals surface area contributed by atoms with Crippen molar-refractivity contribution in [3.05, 3.63) is 0 Å². The average Bonchev–Trinajstić information content (AvgIpc) is 2.44. The highest BCUT2D eigenvalue weighted by Gasteiger charge is 2.27. The van der Waals surface area contributed by atoms with Crippen LogP contribution in [0.4, 0.5) is 0 Å². The summed E-state index contributed by atoms with van der Waals surface area (Å²) in [4.78, 5) is 0. The molecule has 112 valence electrons. The third-order valence-corrected chi connectivity index (χ3v) is 5.09. The second-order valence-electron chi connectivity index (χ2n) is 6.76. The Hall–Kier alpha value is -0.0800. The number of hydrogen-bond donors (Lipinski definition) is 1. The fraction of sp³-hybridized carbons (Fsp3) is 1.00. The summed E-state index contributed by atoms with van der Waals surface area (Å²) in [5, 5.41) is 3.76. The van der Waals surface area contributed by atoms with Gasteiger partial charge in [0, 0.05) is 12.6 Å². The first-order chi connectivity index (χ1) is 9.29. The van der Waals surface area contributed by atoms with Gasteiger partial charge < -0.3 is 10.1 Å². The average molecular weight is 267 g/mol. The van der Waals surface area contributed by atoms with Crippen molar-refractivity contribution in [1.82, 2.24) is 5.32 Å². The third-order valence-electron chi connectivity index (χ3n) is 5.09. The van der Waals surface area contributed by atoms with Gasteiger partial charge in [0.15, 0.2) is 0 Å². The first-order valence-corrected chi connectivity index (χ1v) is 8.64. The maximum absolute atomic E-state index is 5.89.